The number of anilines is 2. The monoisotopic (exact) mass is 440 g/mol. The van der Waals surface area contributed by atoms with E-state index < -0.39 is 0 Å². The predicted molar refractivity (Wildman–Crippen MR) is 137 cm³/mol. The molecule has 2 aliphatic heterocycles. The van der Waals surface area contributed by atoms with Crippen molar-refractivity contribution >= 4 is 11.4 Å². The van der Waals surface area contributed by atoms with Crippen LogP contribution in [0.25, 0.3) is 0 Å². The van der Waals surface area contributed by atoms with Crippen LogP contribution >= 0.6 is 0 Å². The van der Waals surface area contributed by atoms with Crippen LogP contribution in [0.1, 0.15) is 44.1 Å². The van der Waals surface area contributed by atoms with Gasteiger partial charge in [0.05, 0.1) is 6.04 Å². The average Bonchev–Trinajstić information content (AvgIpc) is 2.76. The summed E-state index contributed by atoms with van der Waals surface area (Å²) in [6.07, 6.45) is 14.8. The first-order valence-electron chi connectivity index (χ1n) is 12.4. The van der Waals surface area contributed by atoms with Gasteiger partial charge in [-0.25, -0.2) is 0 Å². The number of nitrogens with one attached hydrogen (secondary N) is 1. The highest BCUT2D eigenvalue weighted by molar-refractivity contribution is 5.55. The van der Waals surface area contributed by atoms with Crippen LogP contribution in [0.4, 0.5) is 11.4 Å². The average molecular weight is 441 g/mol. The van der Waals surface area contributed by atoms with E-state index in [1.807, 2.05) is 18.2 Å². The Morgan fingerprint density at radius 3 is 2.62 bits per heavy atom. The molecule has 0 saturated carbocycles. The van der Waals surface area contributed by atoms with E-state index in [4.69, 9.17) is 11.5 Å². The Hall–Kier alpha value is -2.02. The van der Waals surface area contributed by atoms with Crippen LogP contribution in [0, 0.1) is 0 Å². The quantitative estimate of drug-likeness (QED) is 0.610. The fourth-order valence-electron chi connectivity index (χ4n) is 4.65. The van der Waals surface area contributed by atoms with Crippen LogP contribution in [0.2, 0.25) is 0 Å². The second-order valence-electron chi connectivity index (χ2n) is 9.68. The zero-order valence-electron chi connectivity index (χ0n) is 20.2. The van der Waals surface area contributed by atoms with Crippen LogP contribution in [-0.2, 0) is 6.54 Å². The van der Waals surface area contributed by atoms with E-state index in [1.165, 1.54) is 50.8 Å². The molecular weight excluding hydrogens is 396 g/mol. The number of hydrogen-bond acceptors (Lipinski definition) is 6. The van der Waals surface area contributed by atoms with Gasteiger partial charge in [0.1, 0.15) is 0 Å². The topological polar surface area (TPSA) is 73.8 Å². The normalized spacial score (nSPS) is 22.1. The standard InChI is InChI=1S/C26H44N6/c1-30-14-7-5-3-4-6-8-15-32(21-25-11-9-10-24(20-30)29-25)17-16-31(2)19-22-18-23(27)12-13-26(22)28/h9-13,18,24,29H,3-8,14-17,19-21,27-28H2,1-2H3. The number of nitrogens with zero attached hydrogens (tertiary/aromatic N) is 3. The first kappa shape index (κ1) is 24.6. The number of allylic oxidation sites excluding steroid dienone is 2. The zero-order valence-corrected chi connectivity index (χ0v) is 20.2. The highest BCUT2D eigenvalue weighted by Gasteiger charge is 2.16. The Kier molecular flexibility index (Phi) is 9.90. The van der Waals surface area contributed by atoms with Gasteiger partial charge in [-0.2, -0.15) is 0 Å². The van der Waals surface area contributed by atoms with E-state index in [0.29, 0.717) is 6.04 Å². The number of benzene rings is 1. The van der Waals surface area contributed by atoms with Gasteiger partial charge in [0, 0.05) is 49.8 Å². The highest BCUT2D eigenvalue weighted by atomic mass is 15.2. The van der Waals surface area contributed by atoms with Gasteiger partial charge in [0.25, 0.3) is 0 Å². The molecule has 6 nitrogen and oxygen atoms in total. The molecule has 5 N–H and O–H groups in total. The molecule has 6 heteroatoms. The van der Waals surface area contributed by atoms with Gasteiger partial charge in [-0.3, -0.25) is 4.90 Å². The Bertz CT molecular complexity index is 759. The molecule has 1 unspecified atom stereocenters. The molecule has 2 heterocycles. The van der Waals surface area contributed by atoms with Crippen LogP contribution in [0.15, 0.2) is 42.1 Å². The van der Waals surface area contributed by atoms with Gasteiger partial charge < -0.3 is 26.6 Å². The maximum atomic E-state index is 6.16. The van der Waals surface area contributed by atoms with Crippen molar-refractivity contribution in [1.29, 1.82) is 0 Å². The molecule has 0 aromatic heterocycles. The smallest absolute Gasteiger partial charge is 0.0572 e. The predicted octanol–water partition coefficient (Wildman–Crippen LogP) is 3.28. The van der Waals surface area contributed by atoms with Crippen LogP contribution in [0.3, 0.4) is 0 Å². The first-order valence-corrected chi connectivity index (χ1v) is 12.4. The van der Waals surface area contributed by atoms with Crippen molar-refractivity contribution in [1.82, 2.24) is 20.0 Å². The minimum absolute atomic E-state index is 0.404. The van der Waals surface area contributed by atoms with Crippen LogP contribution in [-0.4, -0.2) is 74.1 Å². The van der Waals surface area contributed by atoms with E-state index in [1.54, 1.807) is 0 Å². The minimum atomic E-state index is 0.404. The summed E-state index contributed by atoms with van der Waals surface area (Å²) in [4.78, 5) is 7.43. The summed E-state index contributed by atoms with van der Waals surface area (Å²) in [7, 11) is 4.42. The molecule has 178 valence electrons. The summed E-state index contributed by atoms with van der Waals surface area (Å²) in [6.45, 7) is 7.28. The second kappa shape index (κ2) is 12.9. The molecule has 0 amide bonds. The summed E-state index contributed by atoms with van der Waals surface area (Å²) in [5.41, 5.74) is 16.2. The maximum Gasteiger partial charge on any atom is 0.0572 e. The Balaban J connectivity index is 1.57. The summed E-state index contributed by atoms with van der Waals surface area (Å²) in [5, 5.41) is 3.77. The second-order valence-corrected chi connectivity index (χ2v) is 9.68. The van der Waals surface area contributed by atoms with Gasteiger partial charge in [-0.15, -0.1) is 0 Å². The number of dihydropyridines is 1. The van der Waals surface area contributed by atoms with Crippen LogP contribution in [0.5, 0.6) is 0 Å². The third-order valence-electron chi connectivity index (χ3n) is 6.58. The molecule has 32 heavy (non-hydrogen) atoms. The third kappa shape index (κ3) is 8.49. The molecule has 1 fully saturated rings. The van der Waals surface area contributed by atoms with Gasteiger partial charge in [-0.05, 0) is 69.9 Å². The fourth-order valence-corrected chi connectivity index (χ4v) is 4.65. The molecule has 1 saturated heterocycles. The number of nitrogen functional groups attached to an aromatic ring is 2. The van der Waals surface area contributed by atoms with Crippen molar-refractivity contribution in [2.45, 2.75) is 51.1 Å². The Morgan fingerprint density at radius 1 is 1.06 bits per heavy atom. The largest absolute Gasteiger partial charge is 0.399 e. The van der Waals surface area contributed by atoms with Crippen LogP contribution < -0.4 is 16.8 Å². The molecule has 2 aliphatic rings. The lowest BCUT2D eigenvalue weighted by atomic mass is 10.1. The summed E-state index contributed by atoms with van der Waals surface area (Å²) < 4.78 is 0. The molecular formula is C26H44N6. The Morgan fingerprint density at radius 2 is 1.81 bits per heavy atom. The Labute approximate surface area is 195 Å². The van der Waals surface area contributed by atoms with Gasteiger partial charge in [0.15, 0.2) is 0 Å². The van der Waals surface area contributed by atoms with Crippen molar-refractivity contribution in [3.63, 3.8) is 0 Å². The third-order valence-corrected chi connectivity index (χ3v) is 6.58. The number of nitrogens with two attached hydrogens (primary N) is 2. The fraction of sp³-hybridized carbons (Fsp3) is 0.615. The maximum absolute atomic E-state index is 6.16. The zero-order chi connectivity index (χ0) is 22.8. The lowest BCUT2D eigenvalue weighted by molar-refractivity contribution is 0.226. The van der Waals surface area contributed by atoms with E-state index in [2.05, 4.69) is 52.3 Å². The van der Waals surface area contributed by atoms with Crippen molar-refractivity contribution in [3.05, 3.63) is 47.7 Å². The summed E-state index contributed by atoms with van der Waals surface area (Å²) >= 11 is 0. The van der Waals surface area contributed by atoms with Crippen molar-refractivity contribution < 1.29 is 0 Å². The molecule has 1 atom stereocenters. The molecule has 1 aromatic rings. The molecule has 0 spiro atoms. The first-order chi connectivity index (χ1) is 15.5. The number of hydrogen-bond donors (Lipinski definition) is 3. The van der Waals surface area contributed by atoms with Gasteiger partial charge >= 0.3 is 0 Å². The van der Waals surface area contributed by atoms with E-state index >= 15 is 0 Å². The summed E-state index contributed by atoms with van der Waals surface area (Å²) in [6, 6.07) is 6.17. The molecule has 3 rings (SSSR count). The minimum Gasteiger partial charge on any atom is -0.399 e. The molecule has 2 bridgehead atoms. The number of fused-ring (bicyclic) bond motifs is 2. The molecule has 1 aromatic carbocycles. The van der Waals surface area contributed by atoms with Crippen molar-refractivity contribution in [3.8, 4) is 0 Å². The van der Waals surface area contributed by atoms with Crippen molar-refractivity contribution in [2.75, 3.05) is 64.8 Å². The van der Waals surface area contributed by atoms with E-state index in [-0.39, 0.29) is 0 Å². The lowest BCUT2D eigenvalue weighted by Gasteiger charge is -2.30. The highest BCUT2D eigenvalue weighted by Crippen LogP contribution is 2.17. The SMILES string of the molecule is CN(CCN1CCCCCCCCN(C)CC2C=CC=C(C1)N2)Cc1cc(N)ccc1N. The van der Waals surface area contributed by atoms with Gasteiger partial charge in [0.2, 0.25) is 0 Å². The molecule has 0 aliphatic carbocycles. The lowest BCUT2D eigenvalue weighted by Crippen LogP contribution is -2.43. The summed E-state index contributed by atoms with van der Waals surface area (Å²) in [5.74, 6) is 0. The van der Waals surface area contributed by atoms with E-state index in [0.717, 1.165) is 56.2 Å². The van der Waals surface area contributed by atoms with E-state index in [9.17, 15) is 0 Å². The van der Waals surface area contributed by atoms with Crippen molar-refractivity contribution in [2.24, 2.45) is 0 Å². The number of likely N-dealkylation sites (N-methyl/N-ethyl adjacent to an activating group) is 2. The van der Waals surface area contributed by atoms with Gasteiger partial charge in [-0.1, -0.05) is 37.8 Å². The molecule has 0 radical (unpaired) electrons. The number of rotatable bonds is 5.